The number of halogens is 2. The minimum Gasteiger partial charge on any atom is -0.287 e. The molecule has 8 heteroatoms. The molecule has 0 N–H and O–H groups in total. The first-order chi connectivity index (χ1) is 9.88. The van der Waals surface area contributed by atoms with E-state index in [2.05, 4.69) is 4.99 Å². The lowest BCUT2D eigenvalue weighted by Gasteiger charge is -2.06. The number of hydrogen-bond donors (Lipinski definition) is 0. The predicted octanol–water partition coefficient (Wildman–Crippen LogP) is 3.00. The Morgan fingerprint density at radius 1 is 1.14 bits per heavy atom. The highest BCUT2D eigenvalue weighted by Crippen LogP contribution is 2.20. The first kappa shape index (κ1) is 15.1. The van der Waals surface area contributed by atoms with Crippen molar-refractivity contribution in [3.8, 4) is 0 Å². The normalized spacial score (nSPS) is 16.5. The highest BCUT2D eigenvalue weighted by molar-refractivity contribution is 6.64. The molecule has 1 aromatic carbocycles. The molecule has 1 amide bonds. The van der Waals surface area contributed by atoms with Gasteiger partial charge in [0.2, 0.25) is 5.78 Å². The zero-order chi connectivity index (χ0) is 15.6. The van der Waals surface area contributed by atoms with Crippen molar-refractivity contribution < 1.29 is 14.5 Å². The molecule has 0 atom stereocenters. The Labute approximate surface area is 128 Å². The molecule has 1 aliphatic carbocycles. The largest absolute Gasteiger partial charge is 0.287 e. The second kappa shape index (κ2) is 5.99. The highest BCUT2D eigenvalue weighted by atomic mass is 35.5. The van der Waals surface area contributed by atoms with Crippen molar-refractivity contribution in [3.63, 3.8) is 0 Å². The number of nitrogens with zero attached hydrogens (tertiary/aromatic N) is 2. The van der Waals surface area contributed by atoms with Crippen LogP contribution in [0.5, 0.6) is 0 Å². The van der Waals surface area contributed by atoms with Crippen molar-refractivity contribution in [1.29, 1.82) is 0 Å². The van der Waals surface area contributed by atoms with Gasteiger partial charge in [0, 0.05) is 28.8 Å². The minimum atomic E-state index is -0.730. The van der Waals surface area contributed by atoms with E-state index in [1.807, 2.05) is 0 Å². The highest BCUT2D eigenvalue weighted by Gasteiger charge is 2.20. The molecule has 0 aromatic heterocycles. The van der Waals surface area contributed by atoms with Crippen LogP contribution in [0.25, 0.3) is 0 Å². The first-order valence-corrected chi connectivity index (χ1v) is 6.30. The van der Waals surface area contributed by atoms with E-state index in [4.69, 9.17) is 23.2 Å². The van der Waals surface area contributed by atoms with Gasteiger partial charge < -0.3 is 0 Å². The molecule has 0 saturated carbocycles. The van der Waals surface area contributed by atoms with Crippen molar-refractivity contribution in [1.82, 2.24) is 0 Å². The second-order valence-corrected chi connectivity index (χ2v) is 4.80. The van der Waals surface area contributed by atoms with Crippen molar-refractivity contribution in [2.24, 2.45) is 4.99 Å². The van der Waals surface area contributed by atoms with Gasteiger partial charge >= 0.3 is 0 Å². The van der Waals surface area contributed by atoms with E-state index in [1.54, 1.807) is 0 Å². The molecule has 0 unspecified atom stereocenters. The van der Waals surface area contributed by atoms with E-state index >= 15 is 0 Å². The molecule has 0 aliphatic heterocycles. The van der Waals surface area contributed by atoms with Gasteiger partial charge in [-0.3, -0.25) is 19.7 Å². The molecule has 21 heavy (non-hydrogen) atoms. The molecule has 1 aliphatic rings. The summed E-state index contributed by atoms with van der Waals surface area (Å²) < 4.78 is 0. The summed E-state index contributed by atoms with van der Waals surface area (Å²) in [4.78, 5) is 37.2. The number of allylic oxidation sites excluding steroid dienone is 4. The summed E-state index contributed by atoms with van der Waals surface area (Å²) in [5.74, 6) is -1.31. The number of non-ortho nitro benzene ring substituents is 1. The lowest BCUT2D eigenvalue weighted by atomic mass is 10.1. The zero-order valence-corrected chi connectivity index (χ0v) is 11.8. The van der Waals surface area contributed by atoms with Gasteiger partial charge in [0.15, 0.2) is 0 Å². The Bertz CT molecular complexity index is 733. The molecule has 0 spiro atoms. The molecule has 6 nitrogen and oxygen atoms in total. The molecular formula is C13H6Cl2N2O4. The van der Waals surface area contributed by atoms with Crippen LogP contribution >= 0.6 is 23.2 Å². The van der Waals surface area contributed by atoms with Gasteiger partial charge in [-0.2, -0.15) is 0 Å². The minimum absolute atomic E-state index is 0.0391. The summed E-state index contributed by atoms with van der Waals surface area (Å²) in [5.41, 5.74) is -0.268. The molecule has 0 radical (unpaired) electrons. The summed E-state index contributed by atoms with van der Waals surface area (Å²) >= 11 is 11.5. The molecule has 1 aromatic rings. The van der Waals surface area contributed by atoms with Crippen LogP contribution in [-0.4, -0.2) is 22.3 Å². The average Bonchev–Trinajstić information content (AvgIpc) is 2.42. The van der Waals surface area contributed by atoms with Crippen molar-refractivity contribution >= 4 is 46.3 Å². The van der Waals surface area contributed by atoms with Crippen LogP contribution in [0.1, 0.15) is 10.4 Å². The number of hydrogen-bond acceptors (Lipinski definition) is 4. The fourth-order valence-electron chi connectivity index (χ4n) is 1.54. The first-order valence-electron chi connectivity index (χ1n) is 5.55. The Kier molecular flexibility index (Phi) is 4.30. The zero-order valence-electron chi connectivity index (χ0n) is 10.2. The SMILES string of the molecule is O=C1C=C(Cl)C=C(Cl)C1=NC(=O)c1ccc([N+](=O)[O-])cc1. The Hall–Kier alpha value is -2.31. The Morgan fingerprint density at radius 2 is 1.76 bits per heavy atom. The van der Waals surface area contributed by atoms with Crippen LogP contribution < -0.4 is 0 Å². The van der Waals surface area contributed by atoms with Gasteiger partial charge in [-0.25, -0.2) is 4.99 Å². The predicted molar refractivity (Wildman–Crippen MR) is 77.7 cm³/mol. The summed E-state index contributed by atoms with van der Waals surface area (Å²) in [6.45, 7) is 0. The molecule has 2 rings (SSSR count). The summed E-state index contributed by atoms with van der Waals surface area (Å²) in [6.07, 6.45) is 2.39. The third-order valence-electron chi connectivity index (χ3n) is 2.53. The number of rotatable bonds is 2. The molecule has 0 saturated heterocycles. The third-order valence-corrected chi connectivity index (χ3v) is 3.04. The number of amides is 1. The van der Waals surface area contributed by atoms with Crippen LogP contribution in [0.4, 0.5) is 5.69 Å². The standard InChI is InChI=1S/C13H6Cl2N2O4/c14-8-5-10(15)12(11(18)6-8)16-13(19)7-1-3-9(4-2-7)17(20)21/h1-6H. The fourth-order valence-corrected chi connectivity index (χ4v) is 2.06. The topological polar surface area (TPSA) is 89.6 Å². The van der Waals surface area contributed by atoms with Gasteiger partial charge in [-0.05, 0) is 18.2 Å². The third kappa shape index (κ3) is 3.42. The maximum atomic E-state index is 11.9. The molecule has 0 heterocycles. The van der Waals surface area contributed by atoms with Crippen molar-refractivity contribution in [2.75, 3.05) is 0 Å². The van der Waals surface area contributed by atoms with Crippen LogP contribution in [-0.2, 0) is 4.79 Å². The lowest BCUT2D eigenvalue weighted by Crippen LogP contribution is -2.17. The fraction of sp³-hybridized carbons (Fsp3) is 0. The Morgan fingerprint density at radius 3 is 2.29 bits per heavy atom. The van der Waals surface area contributed by atoms with Gasteiger partial charge in [-0.15, -0.1) is 0 Å². The lowest BCUT2D eigenvalue weighted by molar-refractivity contribution is -0.384. The quantitative estimate of drug-likeness (QED) is 0.475. The summed E-state index contributed by atoms with van der Waals surface area (Å²) in [6, 6.07) is 4.84. The maximum absolute atomic E-state index is 11.9. The number of carbonyl (C=O) groups excluding carboxylic acids is 2. The van der Waals surface area contributed by atoms with Gasteiger partial charge in [0.25, 0.3) is 11.6 Å². The smallest absolute Gasteiger partial charge is 0.277 e. The van der Waals surface area contributed by atoms with E-state index in [-0.39, 0.29) is 27.0 Å². The van der Waals surface area contributed by atoms with E-state index in [0.29, 0.717) is 0 Å². The van der Waals surface area contributed by atoms with E-state index in [9.17, 15) is 19.7 Å². The Balaban J connectivity index is 2.29. The molecule has 0 fully saturated rings. The van der Waals surface area contributed by atoms with Gasteiger partial charge in [0.1, 0.15) is 5.71 Å². The van der Waals surface area contributed by atoms with Crippen LogP contribution in [0, 0.1) is 10.1 Å². The molecule has 106 valence electrons. The van der Waals surface area contributed by atoms with Crippen LogP contribution in [0.2, 0.25) is 0 Å². The molecule has 0 bridgehead atoms. The summed E-state index contributed by atoms with van der Waals surface area (Å²) in [7, 11) is 0. The number of ketones is 1. The van der Waals surface area contributed by atoms with Gasteiger partial charge in [-0.1, -0.05) is 23.2 Å². The maximum Gasteiger partial charge on any atom is 0.277 e. The number of aliphatic imine (C=N–C) groups is 1. The van der Waals surface area contributed by atoms with Crippen LogP contribution in [0.3, 0.4) is 0 Å². The van der Waals surface area contributed by atoms with Crippen LogP contribution in [0.15, 0.2) is 51.5 Å². The van der Waals surface area contributed by atoms with E-state index < -0.39 is 16.6 Å². The number of carbonyl (C=O) groups is 2. The second-order valence-electron chi connectivity index (χ2n) is 3.96. The summed E-state index contributed by atoms with van der Waals surface area (Å²) in [5, 5.41) is 10.6. The monoisotopic (exact) mass is 324 g/mol. The van der Waals surface area contributed by atoms with E-state index in [0.717, 1.165) is 6.08 Å². The molecular weight excluding hydrogens is 319 g/mol. The van der Waals surface area contributed by atoms with Crippen molar-refractivity contribution in [3.05, 3.63) is 62.2 Å². The van der Waals surface area contributed by atoms with E-state index in [1.165, 1.54) is 30.3 Å². The average molecular weight is 325 g/mol. The van der Waals surface area contributed by atoms with Gasteiger partial charge in [0.05, 0.1) is 9.96 Å². The number of nitro benzene ring substituents is 1. The number of nitro groups is 1. The van der Waals surface area contributed by atoms with Crippen molar-refractivity contribution in [2.45, 2.75) is 0 Å². The number of benzene rings is 1.